The Labute approximate surface area is 137 Å². The van der Waals surface area contributed by atoms with Gasteiger partial charge in [-0.2, -0.15) is 0 Å². The Balaban J connectivity index is 1.99. The van der Waals surface area contributed by atoms with E-state index >= 15 is 0 Å². The highest BCUT2D eigenvalue weighted by molar-refractivity contribution is 6.44. The Morgan fingerprint density at radius 2 is 1.95 bits per heavy atom. The molecule has 1 heterocycles. The van der Waals surface area contributed by atoms with E-state index in [4.69, 9.17) is 23.2 Å². The smallest absolute Gasteiger partial charge is 0.259 e. The first-order chi connectivity index (χ1) is 10.6. The fourth-order valence-corrected chi connectivity index (χ4v) is 2.73. The Bertz CT molecular complexity index is 858. The topological polar surface area (TPSA) is 46.9 Å². The van der Waals surface area contributed by atoms with Gasteiger partial charge in [0.1, 0.15) is 0 Å². The summed E-state index contributed by atoms with van der Waals surface area (Å²) in [7, 11) is 0. The molecule has 0 fully saturated rings. The number of aryl methyl sites for hydroxylation is 1. The summed E-state index contributed by atoms with van der Waals surface area (Å²) in [5, 5.41) is 3.39. The molecule has 1 N–H and O–H groups in total. The molecular formula is C16H13Cl2N3O. The second kappa shape index (κ2) is 5.99. The molecule has 1 amide bonds. The van der Waals surface area contributed by atoms with Crippen molar-refractivity contribution in [2.24, 2.45) is 0 Å². The van der Waals surface area contributed by atoms with Crippen LogP contribution < -0.4 is 5.32 Å². The molecule has 0 bridgehead atoms. The van der Waals surface area contributed by atoms with E-state index in [2.05, 4.69) is 10.3 Å². The maximum absolute atomic E-state index is 12.4. The van der Waals surface area contributed by atoms with Crippen LogP contribution in [0.2, 0.25) is 10.0 Å². The number of nitrogens with one attached hydrogen (secondary N) is 1. The van der Waals surface area contributed by atoms with E-state index in [1.54, 1.807) is 18.2 Å². The second-order valence-electron chi connectivity index (χ2n) is 4.72. The number of fused-ring (bicyclic) bond motifs is 1. The van der Waals surface area contributed by atoms with Crippen molar-refractivity contribution in [2.75, 3.05) is 5.32 Å². The quantitative estimate of drug-likeness (QED) is 0.760. The lowest BCUT2D eigenvalue weighted by Gasteiger charge is -2.09. The molecule has 22 heavy (non-hydrogen) atoms. The van der Waals surface area contributed by atoms with Crippen LogP contribution in [-0.4, -0.2) is 15.5 Å². The Hall–Kier alpha value is -2.04. The fraction of sp³-hybridized carbons (Fsp3) is 0.125. The van der Waals surface area contributed by atoms with Crippen molar-refractivity contribution in [3.05, 3.63) is 58.1 Å². The van der Waals surface area contributed by atoms with Crippen LogP contribution in [0.15, 0.2) is 42.5 Å². The van der Waals surface area contributed by atoms with Crippen LogP contribution in [0, 0.1) is 0 Å². The minimum absolute atomic E-state index is 0.237. The molecule has 112 valence electrons. The van der Waals surface area contributed by atoms with Gasteiger partial charge < -0.3 is 4.57 Å². The molecule has 0 saturated carbocycles. The molecular weight excluding hydrogens is 321 g/mol. The van der Waals surface area contributed by atoms with Crippen molar-refractivity contribution in [1.29, 1.82) is 0 Å². The van der Waals surface area contributed by atoms with Gasteiger partial charge in [0.05, 0.1) is 26.6 Å². The van der Waals surface area contributed by atoms with Crippen LogP contribution in [0.5, 0.6) is 0 Å². The van der Waals surface area contributed by atoms with Gasteiger partial charge in [0.2, 0.25) is 5.95 Å². The molecule has 3 aromatic rings. The average Bonchev–Trinajstić information content (AvgIpc) is 2.86. The van der Waals surface area contributed by atoms with Crippen LogP contribution in [0.3, 0.4) is 0 Å². The number of nitrogens with zero attached hydrogens (tertiary/aromatic N) is 2. The van der Waals surface area contributed by atoms with Gasteiger partial charge >= 0.3 is 0 Å². The van der Waals surface area contributed by atoms with E-state index in [0.717, 1.165) is 11.0 Å². The fourth-order valence-electron chi connectivity index (χ4n) is 2.34. The molecule has 2 aromatic carbocycles. The Morgan fingerprint density at radius 3 is 2.73 bits per heavy atom. The zero-order valence-electron chi connectivity index (χ0n) is 11.8. The van der Waals surface area contributed by atoms with E-state index in [1.807, 2.05) is 35.8 Å². The number of anilines is 1. The number of aromatic nitrogens is 2. The number of hydrogen-bond acceptors (Lipinski definition) is 2. The minimum atomic E-state index is -0.336. The van der Waals surface area contributed by atoms with E-state index in [1.165, 1.54) is 0 Å². The maximum Gasteiger partial charge on any atom is 0.259 e. The number of carbonyl (C=O) groups excluding carboxylic acids is 1. The number of imidazole rings is 1. The molecule has 0 saturated heterocycles. The van der Waals surface area contributed by atoms with Crippen LogP contribution in [0.1, 0.15) is 17.3 Å². The van der Waals surface area contributed by atoms with Crippen LogP contribution in [0.4, 0.5) is 5.95 Å². The van der Waals surface area contributed by atoms with Gasteiger partial charge in [0, 0.05) is 6.54 Å². The third kappa shape index (κ3) is 2.56. The number of carbonyl (C=O) groups is 1. The average molecular weight is 334 g/mol. The lowest BCUT2D eigenvalue weighted by atomic mass is 10.2. The summed E-state index contributed by atoms with van der Waals surface area (Å²) in [6.07, 6.45) is 0. The number of hydrogen-bond donors (Lipinski definition) is 1. The van der Waals surface area contributed by atoms with Crippen molar-refractivity contribution in [1.82, 2.24) is 9.55 Å². The first-order valence-corrected chi connectivity index (χ1v) is 7.58. The molecule has 0 unspecified atom stereocenters. The summed E-state index contributed by atoms with van der Waals surface area (Å²) >= 11 is 12.0. The largest absolute Gasteiger partial charge is 0.310 e. The second-order valence-corrected chi connectivity index (χ2v) is 5.51. The number of rotatable bonds is 3. The maximum atomic E-state index is 12.4. The highest BCUT2D eigenvalue weighted by atomic mass is 35.5. The van der Waals surface area contributed by atoms with Gasteiger partial charge in [-0.25, -0.2) is 4.98 Å². The van der Waals surface area contributed by atoms with Crippen molar-refractivity contribution in [2.45, 2.75) is 13.5 Å². The van der Waals surface area contributed by atoms with Gasteiger partial charge in [-0.05, 0) is 31.2 Å². The molecule has 0 aliphatic heterocycles. The summed E-state index contributed by atoms with van der Waals surface area (Å²) in [5.41, 5.74) is 2.12. The normalized spacial score (nSPS) is 10.9. The van der Waals surface area contributed by atoms with Crippen molar-refractivity contribution < 1.29 is 4.79 Å². The minimum Gasteiger partial charge on any atom is -0.310 e. The molecule has 3 rings (SSSR count). The lowest BCUT2D eigenvalue weighted by Crippen LogP contribution is -2.16. The third-order valence-electron chi connectivity index (χ3n) is 3.39. The Morgan fingerprint density at radius 1 is 1.18 bits per heavy atom. The molecule has 0 spiro atoms. The van der Waals surface area contributed by atoms with Gasteiger partial charge in [0.15, 0.2) is 0 Å². The van der Waals surface area contributed by atoms with Gasteiger partial charge in [-0.1, -0.05) is 41.4 Å². The summed E-state index contributed by atoms with van der Waals surface area (Å²) < 4.78 is 1.94. The predicted molar refractivity (Wildman–Crippen MR) is 89.8 cm³/mol. The SMILES string of the molecule is CCn1c(NC(=O)c2cccc(Cl)c2Cl)nc2ccccc21. The number of halogens is 2. The monoisotopic (exact) mass is 333 g/mol. The van der Waals surface area contributed by atoms with Gasteiger partial charge in [-0.15, -0.1) is 0 Å². The first kappa shape index (κ1) is 14.9. The van der Waals surface area contributed by atoms with Gasteiger partial charge in [-0.3, -0.25) is 10.1 Å². The van der Waals surface area contributed by atoms with Crippen LogP contribution >= 0.6 is 23.2 Å². The zero-order chi connectivity index (χ0) is 15.7. The van der Waals surface area contributed by atoms with Crippen LogP contribution in [-0.2, 0) is 6.54 Å². The molecule has 0 radical (unpaired) electrons. The van der Waals surface area contributed by atoms with Crippen molar-refractivity contribution in [3.63, 3.8) is 0 Å². The molecule has 0 aliphatic carbocycles. The van der Waals surface area contributed by atoms with Crippen molar-refractivity contribution >= 4 is 46.1 Å². The summed E-state index contributed by atoms with van der Waals surface area (Å²) in [6, 6.07) is 12.7. The number of para-hydroxylation sites is 2. The molecule has 0 aliphatic rings. The highest BCUT2D eigenvalue weighted by Crippen LogP contribution is 2.26. The zero-order valence-corrected chi connectivity index (χ0v) is 13.3. The van der Waals surface area contributed by atoms with E-state index in [-0.39, 0.29) is 10.9 Å². The molecule has 1 aromatic heterocycles. The standard InChI is InChI=1S/C16H13Cl2N3O/c1-2-21-13-9-4-3-8-12(13)19-16(21)20-15(22)10-6-5-7-11(17)14(10)18/h3-9H,2H2,1H3,(H,19,20,22). The Kier molecular flexibility index (Phi) is 4.05. The number of benzene rings is 2. The van der Waals surface area contributed by atoms with Gasteiger partial charge in [0.25, 0.3) is 5.91 Å². The third-order valence-corrected chi connectivity index (χ3v) is 4.21. The summed E-state index contributed by atoms with van der Waals surface area (Å²) in [5.74, 6) is 0.155. The van der Waals surface area contributed by atoms with E-state index in [9.17, 15) is 4.79 Å². The molecule has 4 nitrogen and oxygen atoms in total. The molecule has 0 atom stereocenters. The molecule has 6 heteroatoms. The van der Waals surface area contributed by atoms with Crippen molar-refractivity contribution in [3.8, 4) is 0 Å². The highest BCUT2D eigenvalue weighted by Gasteiger charge is 2.16. The summed E-state index contributed by atoms with van der Waals surface area (Å²) in [6.45, 7) is 2.69. The first-order valence-electron chi connectivity index (χ1n) is 6.82. The van der Waals surface area contributed by atoms with E-state index in [0.29, 0.717) is 23.1 Å². The predicted octanol–water partition coefficient (Wildman–Crippen LogP) is 4.62. The van der Waals surface area contributed by atoms with E-state index < -0.39 is 0 Å². The lowest BCUT2D eigenvalue weighted by molar-refractivity contribution is 0.102. The number of amides is 1. The van der Waals surface area contributed by atoms with Crippen LogP contribution in [0.25, 0.3) is 11.0 Å². The summed E-state index contributed by atoms with van der Waals surface area (Å²) in [4.78, 5) is 16.9.